The fourth-order valence-electron chi connectivity index (χ4n) is 2.88. The summed E-state index contributed by atoms with van der Waals surface area (Å²) in [5.41, 5.74) is 1.18. The third-order valence-electron chi connectivity index (χ3n) is 3.77. The van der Waals surface area contributed by atoms with Crippen molar-refractivity contribution in [2.75, 3.05) is 33.4 Å². The van der Waals surface area contributed by atoms with Gasteiger partial charge in [-0.2, -0.15) is 0 Å². The molecule has 4 nitrogen and oxygen atoms in total. The monoisotopic (exact) mass is 305 g/mol. The van der Waals surface area contributed by atoms with Crippen molar-refractivity contribution < 1.29 is 14.2 Å². The van der Waals surface area contributed by atoms with Crippen LogP contribution in [0.3, 0.4) is 0 Å². The van der Waals surface area contributed by atoms with E-state index >= 15 is 0 Å². The van der Waals surface area contributed by atoms with Crippen molar-refractivity contribution in [1.82, 2.24) is 4.90 Å². The molecule has 4 heteroatoms. The van der Waals surface area contributed by atoms with E-state index in [9.17, 15) is 0 Å². The first-order valence-corrected chi connectivity index (χ1v) is 7.90. The van der Waals surface area contributed by atoms with Gasteiger partial charge in [-0.1, -0.05) is 12.1 Å². The molecule has 2 atom stereocenters. The number of hydrogen-bond donors (Lipinski definition) is 0. The number of allylic oxidation sites excluding steroid dienone is 1. The maximum Gasteiger partial charge on any atom is 0.161 e. The normalized spacial score (nSPS) is 22.3. The standard InChI is InChI=1S/C18H27NO3/c1-5-6-16-7-8-17(18(11-16)20-4)21-10-9-19-12-14(2)22-15(3)13-19/h5,7-8,11,14-15H,1,6,9-10,12-13H2,2-4H3. The second kappa shape index (κ2) is 8.20. The fraction of sp³-hybridized carbons (Fsp3) is 0.556. The molecule has 0 radical (unpaired) electrons. The van der Waals surface area contributed by atoms with Crippen LogP contribution in [-0.4, -0.2) is 50.5 Å². The molecule has 22 heavy (non-hydrogen) atoms. The van der Waals surface area contributed by atoms with Crippen molar-refractivity contribution in [2.45, 2.75) is 32.5 Å². The van der Waals surface area contributed by atoms with Gasteiger partial charge < -0.3 is 14.2 Å². The highest BCUT2D eigenvalue weighted by atomic mass is 16.5. The minimum atomic E-state index is 0.288. The lowest BCUT2D eigenvalue weighted by molar-refractivity contribution is -0.0699. The molecule has 2 unspecified atom stereocenters. The van der Waals surface area contributed by atoms with Gasteiger partial charge in [0.05, 0.1) is 19.3 Å². The summed E-state index contributed by atoms with van der Waals surface area (Å²) in [6.45, 7) is 11.5. The number of ether oxygens (including phenoxy) is 3. The highest BCUT2D eigenvalue weighted by Crippen LogP contribution is 2.28. The Kier molecular flexibility index (Phi) is 6.28. The van der Waals surface area contributed by atoms with E-state index in [1.165, 1.54) is 5.56 Å². The van der Waals surface area contributed by atoms with Crippen LogP contribution in [0.1, 0.15) is 19.4 Å². The molecule has 0 N–H and O–H groups in total. The average Bonchev–Trinajstić information content (AvgIpc) is 2.48. The average molecular weight is 305 g/mol. The van der Waals surface area contributed by atoms with Gasteiger partial charge in [-0.15, -0.1) is 6.58 Å². The quantitative estimate of drug-likeness (QED) is 0.725. The maximum atomic E-state index is 5.90. The number of hydrogen-bond acceptors (Lipinski definition) is 4. The molecule has 0 amide bonds. The van der Waals surface area contributed by atoms with Crippen LogP contribution in [-0.2, 0) is 11.2 Å². The smallest absolute Gasteiger partial charge is 0.161 e. The van der Waals surface area contributed by atoms with E-state index in [1.807, 2.05) is 18.2 Å². The van der Waals surface area contributed by atoms with Crippen molar-refractivity contribution >= 4 is 0 Å². The Hall–Kier alpha value is -1.52. The van der Waals surface area contributed by atoms with E-state index < -0.39 is 0 Å². The molecule has 0 saturated carbocycles. The van der Waals surface area contributed by atoms with Crippen molar-refractivity contribution in [3.05, 3.63) is 36.4 Å². The van der Waals surface area contributed by atoms with Gasteiger partial charge in [0.2, 0.25) is 0 Å². The Labute approximate surface area is 133 Å². The van der Waals surface area contributed by atoms with Crippen LogP contribution in [0.4, 0.5) is 0 Å². The van der Waals surface area contributed by atoms with Crippen LogP contribution in [0.25, 0.3) is 0 Å². The summed E-state index contributed by atoms with van der Waals surface area (Å²) >= 11 is 0. The Morgan fingerprint density at radius 1 is 1.27 bits per heavy atom. The number of methoxy groups -OCH3 is 1. The van der Waals surface area contributed by atoms with Crippen molar-refractivity contribution in [3.63, 3.8) is 0 Å². The Morgan fingerprint density at radius 2 is 2.00 bits per heavy atom. The highest BCUT2D eigenvalue weighted by molar-refractivity contribution is 5.43. The zero-order chi connectivity index (χ0) is 15.9. The summed E-state index contributed by atoms with van der Waals surface area (Å²) in [6, 6.07) is 6.04. The van der Waals surface area contributed by atoms with Gasteiger partial charge in [-0.25, -0.2) is 0 Å². The predicted molar refractivity (Wildman–Crippen MR) is 88.8 cm³/mol. The van der Waals surface area contributed by atoms with Gasteiger partial charge in [-0.3, -0.25) is 4.90 Å². The predicted octanol–water partition coefficient (Wildman–Crippen LogP) is 2.91. The molecule has 1 aliphatic heterocycles. The molecule has 0 bridgehead atoms. The zero-order valence-electron chi connectivity index (χ0n) is 13.9. The maximum absolute atomic E-state index is 5.90. The third-order valence-corrected chi connectivity index (χ3v) is 3.77. The molecule has 122 valence electrons. The molecule has 2 rings (SSSR count). The third kappa shape index (κ3) is 4.75. The molecule has 0 aliphatic carbocycles. The van der Waals surface area contributed by atoms with Crippen LogP contribution in [0.2, 0.25) is 0 Å². The molecule has 0 aromatic heterocycles. The van der Waals surface area contributed by atoms with Gasteiger partial charge in [0.25, 0.3) is 0 Å². The van der Waals surface area contributed by atoms with E-state index in [-0.39, 0.29) is 12.2 Å². The largest absolute Gasteiger partial charge is 0.493 e. The Morgan fingerprint density at radius 3 is 2.64 bits per heavy atom. The summed E-state index contributed by atoms with van der Waals surface area (Å²) in [5, 5.41) is 0. The molecule has 0 spiro atoms. The van der Waals surface area contributed by atoms with Gasteiger partial charge in [-0.05, 0) is 38.0 Å². The van der Waals surface area contributed by atoms with Crippen molar-refractivity contribution in [2.24, 2.45) is 0 Å². The van der Waals surface area contributed by atoms with Crippen molar-refractivity contribution in [1.29, 1.82) is 0 Å². The van der Waals surface area contributed by atoms with Crippen LogP contribution >= 0.6 is 0 Å². The molecule has 1 fully saturated rings. The topological polar surface area (TPSA) is 30.9 Å². The second-order valence-corrected chi connectivity index (χ2v) is 5.84. The summed E-state index contributed by atoms with van der Waals surface area (Å²) in [6.07, 6.45) is 3.30. The molecule has 1 aliphatic rings. The SMILES string of the molecule is C=CCc1ccc(OCCN2CC(C)OC(C)C2)c(OC)c1. The van der Waals surface area contributed by atoms with E-state index in [2.05, 4.69) is 31.4 Å². The second-order valence-electron chi connectivity index (χ2n) is 5.84. The summed E-state index contributed by atoms with van der Waals surface area (Å²) in [7, 11) is 1.67. The molecular weight excluding hydrogens is 278 g/mol. The molecule has 1 aromatic carbocycles. The molecule has 1 aromatic rings. The fourth-order valence-corrected chi connectivity index (χ4v) is 2.88. The van der Waals surface area contributed by atoms with Crippen LogP contribution < -0.4 is 9.47 Å². The highest BCUT2D eigenvalue weighted by Gasteiger charge is 2.21. The number of rotatable bonds is 7. The lowest BCUT2D eigenvalue weighted by Crippen LogP contribution is -2.46. The first-order valence-electron chi connectivity index (χ1n) is 7.90. The van der Waals surface area contributed by atoms with Crippen LogP contribution in [0, 0.1) is 0 Å². The number of morpholine rings is 1. The van der Waals surface area contributed by atoms with E-state index in [1.54, 1.807) is 7.11 Å². The first-order chi connectivity index (χ1) is 10.6. The van der Waals surface area contributed by atoms with Gasteiger partial charge in [0.1, 0.15) is 6.61 Å². The molecular formula is C18H27NO3. The van der Waals surface area contributed by atoms with Gasteiger partial charge in [0.15, 0.2) is 11.5 Å². The minimum Gasteiger partial charge on any atom is -0.493 e. The minimum absolute atomic E-state index is 0.288. The molecule has 1 heterocycles. The Balaban J connectivity index is 1.87. The van der Waals surface area contributed by atoms with E-state index in [0.29, 0.717) is 6.61 Å². The zero-order valence-corrected chi connectivity index (χ0v) is 13.9. The Bertz CT molecular complexity index is 479. The number of benzene rings is 1. The van der Waals surface area contributed by atoms with Crippen molar-refractivity contribution in [3.8, 4) is 11.5 Å². The summed E-state index contributed by atoms with van der Waals surface area (Å²) in [5.74, 6) is 1.58. The first kappa shape index (κ1) is 16.8. The summed E-state index contributed by atoms with van der Waals surface area (Å²) in [4.78, 5) is 2.39. The number of nitrogens with zero attached hydrogens (tertiary/aromatic N) is 1. The van der Waals surface area contributed by atoms with Crippen LogP contribution in [0.15, 0.2) is 30.9 Å². The van der Waals surface area contributed by atoms with Crippen LogP contribution in [0.5, 0.6) is 11.5 Å². The summed E-state index contributed by atoms with van der Waals surface area (Å²) < 4.78 is 17.1. The van der Waals surface area contributed by atoms with E-state index in [4.69, 9.17) is 14.2 Å². The lowest BCUT2D eigenvalue weighted by atomic mass is 10.1. The lowest BCUT2D eigenvalue weighted by Gasteiger charge is -2.35. The van der Waals surface area contributed by atoms with Gasteiger partial charge in [0, 0.05) is 19.6 Å². The van der Waals surface area contributed by atoms with E-state index in [0.717, 1.165) is 37.6 Å². The van der Waals surface area contributed by atoms with Gasteiger partial charge >= 0.3 is 0 Å². The molecule has 1 saturated heterocycles.